The van der Waals surface area contributed by atoms with Gasteiger partial charge in [0.05, 0.1) is 0 Å². The summed E-state index contributed by atoms with van der Waals surface area (Å²) in [6.45, 7) is 0. The second-order valence-electron chi connectivity index (χ2n) is 13.5. The number of para-hydroxylation sites is 2. The molecule has 0 bridgehead atoms. The van der Waals surface area contributed by atoms with Crippen molar-refractivity contribution in [2.24, 2.45) is 0 Å². The summed E-state index contributed by atoms with van der Waals surface area (Å²) in [5, 5.41) is 2.95. The molecule has 47 heavy (non-hydrogen) atoms. The van der Waals surface area contributed by atoms with Crippen LogP contribution in [0.2, 0.25) is 0 Å². The first-order valence-electron chi connectivity index (χ1n) is 16.9. The van der Waals surface area contributed by atoms with Crippen LogP contribution in [-0.4, -0.2) is 9.13 Å². The molecular weight excluding hydrogens is 695 g/mol. The smallest absolute Gasteiger partial charge is 0.147 e. The molecule has 0 radical (unpaired) electrons. The van der Waals surface area contributed by atoms with E-state index < -0.39 is 23.2 Å². The Morgan fingerprint density at radius 3 is 1.36 bits per heavy atom. The minimum Gasteiger partial charge on any atom is -0.147 e. The summed E-state index contributed by atoms with van der Waals surface area (Å²) < 4.78 is 5.44. The molecule has 0 spiro atoms. The zero-order chi connectivity index (χ0) is 29.6. The minimum atomic E-state index is -1.54. The standard InChI is InChI=1S/2C21H18N.2ClH.Zr/c2*1-2-8-16-15(7-1)13-14-21(16)22-19-11-5-3-9-17(19)18-10-4-6-12-20(18)22;;;/h2*1-3,5,7-9,11,13-14H,4,6,10,12H2;2*1H;. The maximum atomic E-state index is 2.89. The van der Waals surface area contributed by atoms with Gasteiger partial charge in [0.15, 0.2) is 0 Å². The van der Waals surface area contributed by atoms with Gasteiger partial charge in [-0.1, -0.05) is 0 Å². The van der Waals surface area contributed by atoms with Gasteiger partial charge in [-0.05, 0) is 0 Å². The van der Waals surface area contributed by atoms with Gasteiger partial charge in [0, 0.05) is 0 Å². The van der Waals surface area contributed by atoms with Crippen LogP contribution in [0.1, 0.15) is 70.5 Å². The van der Waals surface area contributed by atoms with E-state index in [0.29, 0.717) is 0 Å². The Hall–Kier alpha value is -3.10. The molecule has 234 valence electrons. The van der Waals surface area contributed by atoms with Crippen LogP contribution in [0.5, 0.6) is 0 Å². The van der Waals surface area contributed by atoms with Crippen molar-refractivity contribution in [2.45, 2.75) is 57.9 Å². The zero-order valence-electron chi connectivity index (χ0n) is 26.4. The Labute approximate surface area is 301 Å². The molecule has 10 rings (SSSR count). The fourth-order valence-electron chi connectivity index (χ4n) is 9.39. The fraction of sp³-hybridized carbons (Fsp3) is 0.238. The van der Waals surface area contributed by atoms with Crippen molar-refractivity contribution in [1.29, 1.82) is 0 Å². The van der Waals surface area contributed by atoms with Crippen LogP contribution in [0.15, 0.2) is 109 Å². The summed E-state index contributed by atoms with van der Waals surface area (Å²) in [6, 6.07) is 37.3. The molecule has 4 aliphatic rings. The van der Waals surface area contributed by atoms with Gasteiger partial charge in [-0.15, -0.1) is 24.8 Å². The predicted molar refractivity (Wildman–Crippen MR) is 197 cm³/mol. The average Bonchev–Trinajstić information content (AvgIpc) is 3.84. The average molecular weight is 733 g/mol. The van der Waals surface area contributed by atoms with Crippen LogP contribution < -0.4 is 0 Å². The molecule has 2 aromatic heterocycles. The van der Waals surface area contributed by atoms with E-state index in [1.165, 1.54) is 95.4 Å². The first kappa shape index (κ1) is 31.2. The number of benzene rings is 4. The molecule has 2 heterocycles. The van der Waals surface area contributed by atoms with E-state index in [-0.39, 0.29) is 31.3 Å². The largest absolute Gasteiger partial charge is 0.147 e. The van der Waals surface area contributed by atoms with Gasteiger partial charge in [-0.25, -0.2) is 0 Å². The van der Waals surface area contributed by atoms with Gasteiger partial charge in [-0.2, -0.15) is 0 Å². The number of rotatable bonds is 4. The Balaban J connectivity index is 0.00000162. The summed E-state index contributed by atoms with van der Waals surface area (Å²) in [5.74, 6) is 0. The van der Waals surface area contributed by atoms with E-state index in [2.05, 4.69) is 131 Å². The molecule has 5 heteroatoms. The van der Waals surface area contributed by atoms with E-state index in [1.54, 1.807) is 22.5 Å². The molecule has 0 N–H and O–H groups in total. The second kappa shape index (κ2) is 11.8. The van der Waals surface area contributed by atoms with Crippen LogP contribution in [-0.2, 0) is 55.4 Å². The third-order valence-corrected chi connectivity index (χ3v) is 16.3. The maximum absolute atomic E-state index is 2.89. The van der Waals surface area contributed by atoms with Crippen molar-refractivity contribution >= 4 is 58.8 Å². The summed E-state index contributed by atoms with van der Waals surface area (Å²) in [7, 11) is 0. The minimum absolute atomic E-state index is 0. The second-order valence-corrected chi connectivity index (χ2v) is 17.8. The van der Waals surface area contributed by atoms with Crippen molar-refractivity contribution in [1.82, 2.24) is 9.13 Å². The van der Waals surface area contributed by atoms with Crippen LogP contribution in [0.25, 0.3) is 34.0 Å². The van der Waals surface area contributed by atoms with Gasteiger partial charge in [0.2, 0.25) is 0 Å². The topological polar surface area (TPSA) is 9.86 Å². The molecule has 0 saturated carbocycles. The Bertz CT molecular complexity index is 2080. The fourth-order valence-corrected chi connectivity index (χ4v) is 15.2. The third kappa shape index (κ3) is 4.32. The molecule has 0 amide bonds. The van der Waals surface area contributed by atoms with E-state index in [4.69, 9.17) is 0 Å². The van der Waals surface area contributed by atoms with E-state index >= 15 is 0 Å². The van der Waals surface area contributed by atoms with Crippen molar-refractivity contribution in [2.75, 3.05) is 0 Å². The van der Waals surface area contributed by atoms with Gasteiger partial charge >= 0.3 is 278 Å². The van der Waals surface area contributed by atoms with Crippen molar-refractivity contribution in [3.8, 4) is 0 Å². The van der Waals surface area contributed by atoms with E-state index in [0.717, 1.165) is 0 Å². The number of halogens is 2. The van der Waals surface area contributed by atoms with Crippen LogP contribution in [0, 0.1) is 0 Å². The molecule has 4 aliphatic carbocycles. The molecule has 4 aromatic carbocycles. The molecular formula is C42H38Cl2N2Zr. The Morgan fingerprint density at radius 2 is 0.872 bits per heavy atom. The molecule has 0 aliphatic heterocycles. The van der Waals surface area contributed by atoms with Crippen LogP contribution >= 0.6 is 24.8 Å². The maximum Gasteiger partial charge on any atom is -0.147 e. The number of allylic oxidation sites excluding steroid dienone is 2. The first-order valence-corrected chi connectivity index (χ1v) is 19.3. The summed E-state index contributed by atoms with van der Waals surface area (Å²) in [4.78, 5) is 0. The predicted octanol–water partition coefficient (Wildman–Crippen LogP) is 10.4. The Kier molecular flexibility index (Phi) is 7.83. The zero-order valence-corrected chi connectivity index (χ0v) is 30.5. The molecule has 0 fully saturated rings. The van der Waals surface area contributed by atoms with Gasteiger partial charge in [-0.3, -0.25) is 0 Å². The van der Waals surface area contributed by atoms with Crippen LogP contribution in [0.4, 0.5) is 0 Å². The van der Waals surface area contributed by atoms with Gasteiger partial charge in [0.25, 0.3) is 0 Å². The molecule has 0 saturated heterocycles. The van der Waals surface area contributed by atoms with E-state index in [1.807, 2.05) is 0 Å². The Morgan fingerprint density at radius 1 is 0.468 bits per heavy atom. The summed E-state index contributed by atoms with van der Waals surface area (Å²) in [5.41, 5.74) is 15.1. The summed E-state index contributed by atoms with van der Waals surface area (Å²) >= 11 is -1.54. The SMILES string of the molecule is C1=C[C]([Zr][C]2(n3c4c(c5ccccc53)CCCC4)C=Cc3ccccc32)(n2c3c(c4ccccc42)CCCC3)c2ccccc21.Cl.Cl. The molecule has 6 aromatic rings. The number of fused-ring (bicyclic) bond motifs is 8. The number of aryl methyl sites for hydroxylation is 2. The molecule has 2 atom stereocenters. The van der Waals surface area contributed by atoms with Gasteiger partial charge < -0.3 is 0 Å². The van der Waals surface area contributed by atoms with Crippen molar-refractivity contribution < 1.29 is 23.2 Å². The normalized spacial score (nSPS) is 21.9. The quantitative estimate of drug-likeness (QED) is 0.171. The molecule has 2 unspecified atom stereocenters. The number of aromatic nitrogens is 2. The third-order valence-electron chi connectivity index (χ3n) is 11.2. The van der Waals surface area contributed by atoms with Crippen LogP contribution in [0.3, 0.4) is 0 Å². The monoisotopic (exact) mass is 730 g/mol. The van der Waals surface area contributed by atoms with Gasteiger partial charge in [0.1, 0.15) is 0 Å². The molecule has 2 nitrogen and oxygen atoms in total. The number of nitrogens with zero attached hydrogens (tertiary/aromatic N) is 2. The first-order chi connectivity index (χ1) is 22.3. The van der Waals surface area contributed by atoms with Crippen molar-refractivity contribution in [3.63, 3.8) is 0 Å². The van der Waals surface area contributed by atoms with E-state index in [9.17, 15) is 0 Å². The van der Waals surface area contributed by atoms with Crippen molar-refractivity contribution in [3.05, 3.63) is 154 Å². The number of hydrogen-bond donors (Lipinski definition) is 0. The summed E-state index contributed by atoms with van der Waals surface area (Å²) in [6.07, 6.45) is 20.1. The number of hydrogen-bond acceptors (Lipinski definition) is 0.